The lowest BCUT2D eigenvalue weighted by atomic mass is 9.95. The lowest BCUT2D eigenvalue weighted by molar-refractivity contribution is 0.0927. The fraction of sp³-hybridized carbons (Fsp3) is 0.304. The summed E-state index contributed by atoms with van der Waals surface area (Å²) in [6, 6.07) is 15.9. The van der Waals surface area contributed by atoms with Gasteiger partial charge in [-0.2, -0.15) is 0 Å². The van der Waals surface area contributed by atoms with Gasteiger partial charge in [0.2, 0.25) is 0 Å². The van der Waals surface area contributed by atoms with Crippen molar-refractivity contribution in [2.24, 2.45) is 0 Å². The van der Waals surface area contributed by atoms with Gasteiger partial charge in [0.15, 0.2) is 0 Å². The van der Waals surface area contributed by atoms with Crippen molar-refractivity contribution in [3.05, 3.63) is 60.3 Å². The Labute approximate surface area is 175 Å². The predicted molar refractivity (Wildman–Crippen MR) is 119 cm³/mol. The molecule has 1 aromatic heterocycles. The van der Waals surface area contributed by atoms with E-state index in [4.69, 9.17) is 4.74 Å². The molecule has 3 aromatic rings. The minimum Gasteiger partial charge on any atom is -0.496 e. The number of hydrogen-bond donors (Lipinski definition) is 2. The number of nitrogens with zero attached hydrogens (tertiary/aromatic N) is 1. The molecule has 2 N–H and O–H groups in total. The van der Waals surface area contributed by atoms with E-state index in [1.165, 1.54) is 31.2 Å². The number of fused-ring (bicyclic) bond motifs is 1. The molecule has 5 nitrogen and oxygen atoms in total. The fourth-order valence-corrected chi connectivity index (χ4v) is 4.43. The minimum absolute atomic E-state index is 0.0197. The number of anilines is 1. The number of benzene rings is 2. The zero-order valence-corrected chi connectivity index (χ0v) is 17.3. The first-order valence-electron chi connectivity index (χ1n) is 9.99. The predicted octanol–water partition coefficient (Wildman–Crippen LogP) is 5.43. The molecule has 0 saturated heterocycles. The molecule has 2 aromatic carbocycles. The molecular weight excluding hydrogens is 382 g/mol. The molecule has 0 atom stereocenters. The summed E-state index contributed by atoms with van der Waals surface area (Å²) in [4.78, 5) is 18.0. The van der Waals surface area contributed by atoms with Gasteiger partial charge in [-0.05, 0) is 55.1 Å². The molecule has 4 rings (SSSR count). The van der Waals surface area contributed by atoms with Gasteiger partial charge in [-0.3, -0.25) is 9.78 Å². The van der Waals surface area contributed by atoms with Crippen molar-refractivity contribution in [3.8, 4) is 5.75 Å². The van der Waals surface area contributed by atoms with Crippen molar-refractivity contribution >= 4 is 34.4 Å². The van der Waals surface area contributed by atoms with Crippen LogP contribution in [0.5, 0.6) is 5.75 Å². The topological polar surface area (TPSA) is 63.2 Å². The van der Waals surface area contributed by atoms with Crippen molar-refractivity contribution in [3.63, 3.8) is 0 Å². The van der Waals surface area contributed by atoms with E-state index in [-0.39, 0.29) is 11.9 Å². The molecule has 1 fully saturated rings. The monoisotopic (exact) mass is 407 g/mol. The third-order valence-electron chi connectivity index (χ3n) is 5.24. The van der Waals surface area contributed by atoms with E-state index in [0.29, 0.717) is 5.56 Å². The number of aromatic nitrogens is 1. The number of nitrogens with one attached hydrogen (secondary N) is 2. The van der Waals surface area contributed by atoms with Gasteiger partial charge in [0.1, 0.15) is 5.75 Å². The van der Waals surface area contributed by atoms with Gasteiger partial charge < -0.3 is 14.8 Å². The normalized spacial score (nSPS) is 14.5. The van der Waals surface area contributed by atoms with Crippen LogP contribution in [0.2, 0.25) is 0 Å². The van der Waals surface area contributed by atoms with Crippen molar-refractivity contribution in [1.29, 1.82) is 0 Å². The van der Waals surface area contributed by atoms with Crippen molar-refractivity contribution < 1.29 is 9.53 Å². The molecule has 0 aliphatic heterocycles. The van der Waals surface area contributed by atoms with E-state index in [2.05, 4.69) is 21.1 Å². The third kappa shape index (κ3) is 4.82. The number of carbonyl (C=O) groups excluding carboxylic acids is 1. The van der Waals surface area contributed by atoms with Crippen molar-refractivity contribution in [2.45, 2.75) is 43.0 Å². The Bertz CT molecular complexity index is 1000. The van der Waals surface area contributed by atoms with Crippen LogP contribution in [-0.2, 0) is 0 Å². The first-order chi connectivity index (χ1) is 14.2. The molecule has 6 heteroatoms. The van der Waals surface area contributed by atoms with E-state index in [1.54, 1.807) is 13.3 Å². The Balaban J connectivity index is 1.47. The SMILES string of the molecule is COc1ccc(C(=O)NC2CCCCC2)cc1SNc1cnc2ccccc2c1. The second-order valence-corrected chi connectivity index (χ2v) is 8.14. The van der Waals surface area contributed by atoms with Crippen LogP contribution in [0.25, 0.3) is 10.9 Å². The highest BCUT2D eigenvalue weighted by atomic mass is 32.2. The van der Waals surface area contributed by atoms with Crippen molar-refractivity contribution in [2.75, 3.05) is 11.8 Å². The van der Waals surface area contributed by atoms with Gasteiger partial charge in [0.05, 0.1) is 29.4 Å². The molecule has 1 amide bonds. The lowest BCUT2D eigenvalue weighted by Crippen LogP contribution is -2.36. The zero-order chi connectivity index (χ0) is 20.1. The number of para-hydroxylation sites is 1. The maximum Gasteiger partial charge on any atom is 0.251 e. The molecule has 0 unspecified atom stereocenters. The maximum absolute atomic E-state index is 12.7. The van der Waals surface area contributed by atoms with Gasteiger partial charge in [0.25, 0.3) is 5.91 Å². The molecule has 0 bridgehead atoms. The smallest absolute Gasteiger partial charge is 0.251 e. The number of methoxy groups -OCH3 is 1. The molecular formula is C23H25N3O2S. The molecule has 29 heavy (non-hydrogen) atoms. The second-order valence-electron chi connectivity index (χ2n) is 7.29. The first-order valence-corrected chi connectivity index (χ1v) is 10.8. The van der Waals surface area contributed by atoms with Crippen LogP contribution in [0.15, 0.2) is 59.6 Å². The van der Waals surface area contributed by atoms with Crippen LogP contribution in [0.4, 0.5) is 5.69 Å². The molecule has 0 radical (unpaired) electrons. The van der Waals surface area contributed by atoms with Gasteiger partial charge >= 0.3 is 0 Å². The molecule has 1 aliphatic carbocycles. The van der Waals surface area contributed by atoms with Gasteiger partial charge in [-0.25, -0.2) is 0 Å². The molecule has 0 spiro atoms. The highest BCUT2D eigenvalue weighted by Crippen LogP contribution is 2.31. The quantitative estimate of drug-likeness (QED) is 0.534. The lowest BCUT2D eigenvalue weighted by Gasteiger charge is -2.23. The summed E-state index contributed by atoms with van der Waals surface area (Å²) >= 11 is 1.42. The Morgan fingerprint density at radius 1 is 1.10 bits per heavy atom. The Kier molecular flexibility index (Phi) is 6.20. The fourth-order valence-electron chi connectivity index (χ4n) is 3.65. The van der Waals surface area contributed by atoms with Gasteiger partial charge in [0, 0.05) is 17.0 Å². The summed E-state index contributed by atoms with van der Waals surface area (Å²) in [6.07, 6.45) is 7.60. The number of ether oxygens (including phenoxy) is 1. The highest BCUT2D eigenvalue weighted by molar-refractivity contribution is 8.00. The number of amides is 1. The Morgan fingerprint density at radius 2 is 1.93 bits per heavy atom. The number of rotatable bonds is 6. The largest absolute Gasteiger partial charge is 0.496 e. The maximum atomic E-state index is 12.7. The average Bonchev–Trinajstić information content (AvgIpc) is 2.78. The summed E-state index contributed by atoms with van der Waals surface area (Å²) in [5, 5.41) is 4.25. The average molecular weight is 408 g/mol. The standard InChI is InChI=1S/C23H25N3O2S/c1-28-21-12-11-17(23(27)25-18-8-3-2-4-9-18)14-22(21)29-26-19-13-16-7-5-6-10-20(16)24-15-19/h5-7,10-15,18,26H,2-4,8-9H2,1H3,(H,25,27). The molecule has 150 valence electrons. The summed E-state index contributed by atoms with van der Waals surface area (Å²) in [5.74, 6) is 0.708. The van der Waals surface area contributed by atoms with Gasteiger partial charge in [-0.1, -0.05) is 37.5 Å². The zero-order valence-electron chi connectivity index (χ0n) is 16.5. The van der Waals surface area contributed by atoms with Crippen LogP contribution in [-0.4, -0.2) is 24.0 Å². The van der Waals surface area contributed by atoms with Crippen molar-refractivity contribution in [1.82, 2.24) is 10.3 Å². The summed E-state index contributed by atoms with van der Waals surface area (Å²) in [6.45, 7) is 0. The number of carbonyl (C=O) groups is 1. The van der Waals surface area contributed by atoms with E-state index >= 15 is 0 Å². The van der Waals surface area contributed by atoms with Crippen LogP contribution in [0.3, 0.4) is 0 Å². The number of hydrogen-bond acceptors (Lipinski definition) is 5. The van der Waals surface area contributed by atoms with E-state index in [0.717, 1.165) is 40.1 Å². The van der Waals surface area contributed by atoms with E-state index in [1.807, 2.05) is 42.5 Å². The van der Waals surface area contributed by atoms with E-state index in [9.17, 15) is 4.79 Å². The minimum atomic E-state index is -0.0197. The number of pyridine rings is 1. The molecule has 1 saturated carbocycles. The van der Waals surface area contributed by atoms with Crippen LogP contribution in [0, 0.1) is 0 Å². The summed E-state index contributed by atoms with van der Waals surface area (Å²) in [5.41, 5.74) is 2.51. The highest BCUT2D eigenvalue weighted by Gasteiger charge is 2.18. The Morgan fingerprint density at radius 3 is 2.76 bits per heavy atom. The second kappa shape index (κ2) is 9.18. The van der Waals surface area contributed by atoms with Crippen LogP contribution >= 0.6 is 11.9 Å². The van der Waals surface area contributed by atoms with Crippen LogP contribution in [0.1, 0.15) is 42.5 Å². The van der Waals surface area contributed by atoms with Crippen LogP contribution < -0.4 is 14.8 Å². The summed E-state index contributed by atoms with van der Waals surface area (Å²) in [7, 11) is 1.64. The molecule has 1 heterocycles. The third-order valence-corrected chi connectivity index (χ3v) is 6.11. The first kappa shape index (κ1) is 19.6. The van der Waals surface area contributed by atoms with Gasteiger partial charge in [-0.15, -0.1) is 0 Å². The Hall–Kier alpha value is -2.73. The molecule has 1 aliphatic rings. The van der Waals surface area contributed by atoms with E-state index < -0.39 is 0 Å². The summed E-state index contributed by atoms with van der Waals surface area (Å²) < 4.78 is 8.80.